The van der Waals surface area contributed by atoms with Crippen LogP contribution in [0.3, 0.4) is 0 Å². The van der Waals surface area contributed by atoms with Crippen LogP contribution in [0.5, 0.6) is 0 Å². The number of aromatic nitrogens is 1. The normalized spacial score (nSPS) is 10.2. The van der Waals surface area contributed by atoms with Gasteiger partial charge in [-0.25, -0.2) is 0 Å². The molecule has 0 unspecified atom stereocenters. The molecule has 0 aliphatic rings. The Bertz CT molecular complexity index is 807. The zero-order valence-electron chi connectivity index (χ0n) is 12.8. The van der Waals surface area contributed by atoms with E-state index in [9.17, 15) is 9.59 Å². The number of carbonyl (C=O) groups is 2. The Labute approximate surface area is 139 Å². The molecule has 118 valence electrons. The maximum absolute atomic E-state index is 13.0. The number of hydrogen-bond donors (Lipinski definition) is 1. The summed E-state index contributed by atoms with van der Waals surface area (Å²) in [7, 11) is 0. The third-order valence-corrected chi connectivity index (χ3v) is 3.50. The first kappa shape index (κ1) is 15.4. The van der Waals surface area contributed by atoms with Crippen molar-refractivity contribution in [2.24, 2.45) is 5.73 Å². The van der Waals surface area contributed by atoms with Crippen molar-refractivity contribution in [1.29, 1.82) is 0 Å². The van der Waals surface area contributed by atoms with Crippen molar-refractivity contribution < 1.29 is 9.59 Å². The number of anilines is 2. The molecule has 0 saturated carbocycles. The third-order valence-electron chi connectivity index (χ3n) is 3.50. The highest BCUT2D eigenvalue weighted by Crippen LogP contribution is 2.26. The number of nitrogens with two attached hydrogens (primary N) is 1. The average molecular weight is 317 g/mol. The van der Waals surface area contributed by atoms with Crippen molar-refractivity contribution in [3.63, 3.8) is 0 Å². The molecule has 5 nitrogen and oxygen atoms in total. The number of nitrogens with zero attached hydrogens (tertiary/aromatic N) is 2. The van der Waals surface area contributed by atoms with Gasteiger partial charge >= 0.3 is 0 Å². The molecule has 3 aromatic rings. The number of hydrogen-bond acceptors (Lipinski definition) is 3. The lowest BCUT2D eigenvalue weighted by atomic mass is 10.2. The molecule has 0 radical (unpaired) electrons. The van der Waals surface area contributed by atoms with E-state index in [1.54, 1.807) is 4.90 Å². The molecule has 1 aromatic heterocycles. The van der Waals surface area contributed by atoms with E-state index in [2.05, 4.69) is 4.98 Å². The Kier molecular flexibility index (Phi) is 4.34. The zero-order chi connectivity index (χ0) is 16.9. The summed E-state index contributed by atoms with van der Waals surface area (Å²) in [6, 6.07) is 21.6. The number of amides is 2. The summed E-state index contributed by atoms with van der Waals surface area (Å²) in [5.41, 5.74) is 7.16. The summed E-state index contributed by atoms with van der Waals surface area (Å²) in [6.07, 6.45) is 1.31. The van der Waals surface area contributed by atoms with Gasteiger partial charge in [-0.15, -0.1) is 0 Å². The van der Waals surface area contributed by atoms with Crippen LogP contribution >= 0.6 is 0 Å². The number of primary amides is 1. The number of pyridine rings is 1. The van der Waals surface area contributed by atoms with Crippen LogP contribution < -0.4 is 10.6 Å². The molecule has 0 aliphatic carbocycles. The molecule has 0 aliphatic heterocycles. The number of rotatable bonds is 4. The first-order valence-electron chi connectivity index (χ1n) is 7.37. The minimum absolute atomic E-state index is 0.229. The fraction of sp³-hybridized carbons (Fsp3) is 0. The summed E-state index contributed by atoms with van der Waals surface area (Å²) in [5.74, 6) is -0.868. The predicted molar refractivity (Wildman–Crippen MR) is 92.1 cm³/mol. The van der Waals surface area contributed by atoms with E-state index in [0.29, 0.717) is 0 Å². The maximum Gasteiger partial charge on any atom is 0.281 e. The van der Waals surface area contributed by atoms with Gasteiger partial charge in [-0.1, -0.05) is 36.4 Å². The van der Waals surface area contributed by atoms with Crippen LogP contribution in [0.4, 0.5) is 11.4 Å². The Morgan fingerprint density at radius 3 is 1.75 bits per heavy atom. The van der Waals surface area contributed by atoms with Gasteiger partial charge in [0.1, 0.15) is 5.69 Å². The second-order valence-corrected chi connectivity index (χ2v) is 5.11. The van der Waals surface area contributed by atoms with Gasteiger partial charge in [-0.2, -0.15) is 0 Å². The molecule has 2 N–H and O–H groups in total. The quantitative estimate of drug-likeness (QED) is 0.803. The lowest BCUT2D eigenvalue weighted by Gasteiger charge is -2.22. The van der Waals surface area contributed by atoms with Crippen LogP contribution in [0.15, 0.2) is 79.0 Å². The second-order valence-electron chi connectivity index (χ2n) is 5.11. The molecule has 5 heteroatoms. The standard InChI is InChI=1S/C19H15N3O2/c20-18(23)14-11-12-17(21-13-14)19(24)22(15-7-3-1-4-8-15)16-9-5-2-6-10-16/h1-13H,(H2,20,23). The van der Waals surface area contributed by atoms with Crippen LogP contribution in [-0.4, -0.2) is 16.8 Å². The Hall–Kier alpha value is -3.47. The molecule has 0 fully saturated rings. The Morgan fingerprint density at radius 2 is 1.33 bits per heavy atom. The molecule has 2 aromatic carbocycles. The number of para-hydroxylation sites is 2. The number of carbonyl (C=O) groups excluding carboxylic acids is 2. The summed E-state index contributed by atoms with van der Waals surface area (Å²) >= 11 is 0. The third kappa shape index (κ3) is 3.15. The van der Waals surface area contributed by atoms with Crippen molar-refractivity contribution in [2.75, 3.05) is 4.90 Å². The van der Waals surface area contributed by atoms with Gasteiger partial charge in [-0.05, 0) is 36.4 Å². The van der Waals surface area contributed by atoms with Gasteiger partial charge in [-0.3, -0.25) is 19.5 Å². The van der Waals surface area contributed by atoms with E-state index in [1.807, 2.05) is 60.7 Å². The highest BCUT2D eigenvalue weighted by atomic mass is 16.2. The first-order chi connectivity index (χ1) is 11.7. The SMILES string of the molecule is NC(=O)c1ccc(C(=O)N(c2ccccc2)c2ccccc2)nc1. The van der Waals surface area contributed by atoms with E-state index in [4.69, 9.17) is 5.73 Å². The van der Waals surface area contributed by atoms with Gasteiger partial charge < -0.3 is 5.73 Å². The monoisotopic (exact) mass is 317 g/mol. The predicted octanol–water partition coefficient (Wildman–Crippen LogP) is 3.16. The van der Waals surface area contributed by atoms with E-state index in [1.165, 1.54) is 18.3 Å². The van der Waals surface area contributed by atoms with Crippen molar-refractivity contribution in [3.05, 3.63) is 90.3 Å². The van der Waals surface area contributed by atoms with Crippen LogP contribution in [0.1, 0.15) is 20.8 Å². The van der Waals surface area contributed by atoms with Gasteiger partial charge in [0.25, 0.3) is 5.91 Å². The zero-order valence-corrected chi connectivity index (χ0v) is 12.8. The second kappa shape index (κ2) is 6.75. The minimum atomic E-state index is -0.579. The highest BCUT2D eigenvalue weighted by Gasteiger charge is 2.20. The average Bonchev–Trinajstić information content (AvgIpc) is 2.64. The van der Waals surface area contributed by atoms with Crippen molar-refractivity contribution in [2.45, 2.75) is 0 Å². The van der Waals surface area contributed by atoms with Crippen molar-refractivity contribution in [3.8, 4) is 0 Å². The van der Waals surface area contributed by atoms with Crippen molar-refractivity contribution in [1.82, 2.24) is 4.98 Å². The van der Waals surface area contributed by atoms with Crippen LogP contribution in [0.2, 0.25) is 0 Å². The lowest BCUT2D eigenvalue weighted by molar-refractivity contribution is 0.0984. The topological polar surface area (TPSA) is 76.3 Å². The first-order valence-corrected chi connectivity index (χ1v) is 7.37. The lowest BCUT2D eigenvalue weighted by Crippen LogP contribution is -2.27. The Balaban J connectivity index is 2.02. The molecule has 0 atom stereocenters. The molecule has 24 heavy (non-hydrogen) atoms. The summed E-state index contributed by atoms with van der Waals surface area (Å²) in [4.78, 5) is 29.8. The van der Waals surface area contributed by atoms with Gasteiger partial charge in [0.2, 0.25) is 5.91 Å². The smallest absolute Gasteiger partial charge is 0.281 e. The minimum Gasteiger partial charge on any atom is -0.366 e. The molecule has 0 bridgehead atoms. The molecule has 0 spiro atoms. The largest absolute Gasteiger partial charge is 0.366 e. The van der Waals surface area contributed by atoms with E-state index >= 15 is 0 Å². The molecule has 1 heterocycles. The molecule has 2 amide bonds. The number of benzene rings is 2. The van der Waals surface area contributed by atoms with Crippen LogP contribution in [-0.2, 0) is 0 Å². The molecular weight excluding hydrogens is 302 g/mol. The van der Waals surface area contributed by atoms with Gasteiger partial charge in [0, 0.05) is 17.6 Å². The van der Waals surface area contributed by atoms with Gasteiger partial charge in [0.15, 0.2) is 0 Å². The molecular formula is C19H15N3O2. The van der Waals surface area contributed by atoms with Crippen molar-refractivity contribution >= 4 is 23.2 Å². The summed E-state index contributed by atoms with van der Waals surface area (Å²) in [6.45, 7) is 0. The molecule has 0 saturated heterocycles. The Morgan fingerprint density at radius 1 is 0.792 bits per heavy atom. The van der Waals surface area contributed by atoms with Crippen LogP contribution in [0, 0.1) is 0 Å². The van der Waals surface area contributed by atoms with Crippen LogP contribution in [0.25, 0.3) is 0 Å². The van der Waals surface area contributed by atoms with E-state index in [-0.39, 0.29) is 17.2 Å². The maximum atomic E-state index is 13.0. The van der Waals surface area contributed by atoms with E-state index in [0.717, 1.165) is 11.4 Å². The highest BCUT2D eigenvalue weighted by molar-refractivity contribution is 6.10. The fourth-order valence-corrected chi connectivity index (χ4v) is 2.32. The fourth-order valence-electron chi connectivity index (χ4n) is 2.32. The van der Waals surface area contributed by atoms with Gasteiger partial charge in [0.05, 0.1) is 5.56 Å². The van der Waals surface area contributed by atoms with E-state index < -0.39 is 5.91 Å². The summed E-state index contributed by atoms with van der Waals surface area (Å²) in [5, 5.41) is 0. The summed E-state index contributed by atoms with van der Waals surface area (Å²) < 4.78 is 0. The molecule has 3 rings (SSSR count).